The van der Waals surface area contributed by atoms with Gasteiger partial charge in [0, 0.05) is 0 Å². The van der Waals surface area contributed by atoms with Crippen molar-refractivity contribution in [1.82, 2.24) is 0 Å². The molecule has 3 rings (SSSR count). The zero-order valence-electron chi connectivity index (χ0n) is 22.4. The summed E-state index contributed by atoms with van der Waals surface area (Å²) in [6.07, 6.45) is 23.5. The van der Waals surface area contributed by atoms with Gasteiger partial charge in [0.1, 0.15) is 11.5 Å². The molecule has 196 valence electrons. The van der Waals surface area contributed by atoms with Gasteiger partial charge in [-0.25, -0.2) is 0 Å². The number of rotatable bonds is 15. The highest BCUT2D eigenvalue weighted by Gasteiger charge is 2.27. The zero-order chi connectivity index (χ0) is 24.7. The first kappa shape index (κ1) is 27.8. The normalized spacial score (nSPS) is 24.6. The minimum absolute atomic E-state index is 0.0491. The third kappa shape index (κ3) is 10.4. The average Bonchev–Trinajstić information content (AvgIpc) is 2.89. The summed E-state index contributed by atoms with van der Waals surface area (Å²) < 4.78 is 11.6. The van der Waals surface area contributed by atoms with Gasteiger partial charge in [-0.2, -0.15) is 0 Å². The predicted octanol–water partition coefficient (Wildman–Crippen LogP) is 9.30. The van der Waals surface area contributed by atoms with Gasteiger partial charge in [0.25, 0.3) is 0 Å². The number of hydrogen-bond acceptors (Lipinski definition) is 3. The standard InChI is InChI=1S/C32H50O3/c1-3-5-7-10-26-13-15-28(16-14-26)12-9-25-34-30-21-23-31(24-22-30)35-32(33)29-19-17-27(18-20-29)11-8-6-4-2/h4,21-24,26-29H,2-3,5-20,25H2,1H3. The van der Waals surface area contributed by atoms with Gasteiger partial charge in [0.15, 0.2) is 0 Å². The maximum Gasteiger partial charge on any atom is 0.314 e. The number of ether oxygens (including phenoxy) is 2. The molecule has 0 unspecified atom stereocenters. The lowest BCUT2D eigenvalue weighted by molar-refractivity contribution is -0.140. The van der Waals surface area contributed by atoms with Crippen LogP contribution in [0.4, 0.5) is 0 Å². The molecule has 35 heavy (non-hydrogen) atoms. The second-order valence-electron chi connectivity index (χ2n) is 11.2. The van der Waals surface area contributed by atoms with E-state index in [1.807, 2.05) is 30.3 Å². The van der Waals surface area contributed by atoms with E-state index in [4.69, 9.17) is 9.47 Å². The Morgan fingerprint density at radius 2 is 1.34 bits per heavy atom. The first-order valence-electron chi connectivity index (χ1n) is 14.7. The van der Waals surface area contributed by atoms with Gasteiger partial charge < -0.3 is 9.47 Å². The van der Waals surface area contributed by atoms with Gasteiger partial charge in [-0.05, 0) is 93.4 Å². The second kappa shape index (κ2) is 16.1. The summed E-state index contributed by atoms with van der Waals surface area (Å²) in [6, 6.07) is 7.60. The van der Waals surface area contributed by atoms with Crippen LogP contribution in [-0.4, -0.2) is 12.6 Å². The molecule has 0 amide bonds. The van der Waals surface area contributed by atoms with Crippen LogP contribution >= 0.6 is 0 Å². The van der Waals surface area contributed by atoms with Crippen LogP contribution in [0.25, 0.3) is 0 Å². The van der Waals surface area contributed by atoms with Gasteiger partial charge in [-0.1, -0.05) is 70.8 Å². The zero-order valence-corrected chi connectivity index (χ0v) is 22.4. The van der Waals surface area contributed by atoms with Crippen LogP contribution in [-0.2, 0) is 4.79 Å². The van der Waals surface area contributed by atoms with Gasteiger partial charge in [0.05, 0.1) is 12.5 Å². The van der Waals surface area contributed by atoms with E-state index < -0.39 is 0 Å². The monoisotopic (exact) mass is 482 g/mol. The molecule has 2 aliphatic rings. The number of carbonyl (C=O) groups excluding carboxylic acids is 1. The molecule has 0 radical (unpaired) electrons. The maximum atomic E-state index is 12.6. The highest BCUT2D eigenvalue weighted by atomic mass is 16.5. The number of carbonyl (C=O) groups is 1. The summed E-state index contributed by atoms with van der Waals surface area (Å²) in [5.74, 6) is 4.13. The van der Waals surface area contributed by atoms with Gasteiger partial charge in [0.2, 0.25) is 0 Å². The van der Waals surface area contributed by atoms with E-state index in [0.29, 0.717) is 5.75 Å². The highest BCUT2D eigenvalue weighted by Crippen LogP contribution is 2.35. The third-order valence-corrected chi connectivity index (χ3v) is 8.45. The quantitative estimate of drug-likeness (QED) is 0.108. The molecular weight excluding hydrogens is 432 g/mol. The topological polar surface area (TPSA) is 35.5 Å². The van der Waals surface area contributed by atoms with Crippen LogP contribution in [0.2, 0.25) is 0 Å². The molecule has 1 aromatic carbocycles. The first-order valence-corrected chi connectivity index (χ1v) is 14.7. The number of esters is 1. The van der Waals surface area contributed by atoms with Crippen molar-refractivity contribution in [3.8, 4) is 11.5 Å². The number of allylic oxidation sites excluding steroid dienone is 1. The summed E-state index contributed by atoms with van der Waals surface area (Å²) in [5.41, 5.74) is 0. The lowest BCUT2D eigenvalue weighted by atomic mass is 9.78. The molecule has 0 spiro atoms. The fourth-order valence-electron chi connectivity index (χ4n) is 6.09. The fourth-order valence-corrected chi connectivity index (χ4v) is 6.09. The van der Waals surface area contributed by atoms with Crippen molar-refractivity contribution in [2.45, 2.75) is 116 Å². The van der Waals surface area contributed by atoms with Crippen LogP contribution in [0.1, 0.15) is 116 Å². The fraction of sp³-hybridized carbons (Fsp3) is 0.719. The minimum Gasteiger partial charge on any atom is -0.494 e. The number of hydrogen-bond donors (Lipinski definition) is 0. The van der Waals surface area contributed by atoms with Crippen molar-refractivity contribution in [2.24, 2.45) is 23.7 Å². The van der Waals surface area contributed by atoms with E-state index in [1.54, 1.807) is 0 Å². The van der Waals surface area contributed by atoms with Gasteiger partial charge in [-0.3, -0.25) is 4.79 Å². The van der Waals surface area contributed by atoms with E-state index in [2.05, 4.69) is 13.5 Å². The van der Waals surface area contributed by atoms with Crippen molar-refractivity contribution < 1.29 is 14.3 Å². The van der Waals surface area contributed by atoms with Crippen molar-refractivity contribution in [3.05, 3.63) is 36.9 Å². The van der Waals surface area contributed by atoms with Crippen molar-refractivity contribution in [1.29, 1.82) is 0 Å². The van der Waals surface area contributed by atoms with E-state index in [9.17, 15) is 4.79 Å². The predicted molar refractivity (Wildman–Crippen MR) is 146 cm³/mol. The highest BCUT2D eigenvalue weighted by molar-refractivity contribution is 5.75. The molecule has 2 aliphatic carbocycles. The summed E-state index contributed by atoms with van der Waals surface area (Å²) in [6.45, 7) is 6.86. The van der Waals surface area contributed by atoms with Crippen LogP contribution in [0, 0.1) is 23.7 Å². The Balaban J connectivity index is 1.26. The molecule has 0 aromatic heterocycles. The SMILES string of the molecule is C=CCCCC1CCC(C(=O)Oc2ccc(OCCCC3CCC(CCCCC)CC3)cc2)CC1. The summed E-state index contributed by atoms with van der Waals surface area (Å²) in [4.78, 5) is 12.6. The van der Waals surface area contributed by atoms with E-state index in [-0.39, 0.29) is 11.9 Å². The van der Waals surface area contributed by atoms with Crippen LogP contribution in [0.15, 0.2) is 36.9 Å². The Kier molecular flexibility index (Phi) is 12.8. The van der Waals surface area contributed by atoms with Gasteiger partial charge in [-0.15, -0.1) is 6.58 Å². The number of unbranched alkanes of at least 4 members (excludes halogenated alkanes) is 3. The molecule has 0 aliphatic heterocycles. The Bertz CT molecular complexity index is 709. The summed E-state index contributed by atoms with van der Waals surface area (Å²) in [5, 5.41) is 0. The average molecular weight is 483 g/mol. The molecule has 3 heteroatoms. The third-order valence-electron chi connectivity index (χ3n) is 8.45. The smallest absolute Gasteiger partial charge is 0.314 e. The molecule has 0 heterocycles. The Labute approximate surface area is 215 Å². The van der Waals surface area contributed by atoms with Crippen molar-refractivity contribution in [2.75, 3.05) is 6.61 Å². The van der Waals surface area contributed by atoms with E-state index in [1.165, 1.54) is 70.6 Å². The Morgan fingerprint density at radius 3 is 1.94 bits per heavy atom. The Morgan fingerprint density at radius 1 is 0.800 bits per heavy atom. The molecule has 2 fully saturated rings. The molecule has 3 nitrogen and oxygen atoms in total. The molecular formula is C32H50O3. The van der Waals surface area contributed by atoms with Crippen LogP contribution in [0.5, 0.6) is 11.5 Å². The summed E-state index contributed by atoms with van der Waals surface area (Å²) in [7, 11) is 0. The van der Waals surface area contributed by atoms with E-state index >= 15 is 0 Å². The lowest BCUT2D eigenvalue weighted by Gasteiger charge is -2.28. The minimum atomic E-state index is -0.0664. The molecule has 0 saturated heterocycles. The molecule has 0 bridgehead atoms. The maximum absolute atomic E-state index is 12.6. The lowest BCUT2D eigenvalue weighted by Crippen LogP contribution is -2.25. The molecule has 0 atom stereocenters. The van der Waals surface area contributed by atoms with Crippen molar-refractivity contribution >= 4 is 5.97 Å². The first-order chi connectivity index (χ1) is 17.2. The second-order valence-corrected chi connectivity index (χ2v) is 11.2. The molecule has 1 aromatic rings. The molecule has 2 saturated carbocycles. The van der Waals surface area contributed by atoms with Gasteiger partial charge >= 0.3 is 5.97 Å². The largest absolute Gasteiger partial charge is 0.494 e. The van der Waals surface area contributed by atoms with Crippen molar-refractivity contribution in [3.63, 3.8) is 0 Å². The van der Waals surface area contributed by atoms with Crippen LogP contribution < -0.4 is 9.47 Å². The van der Waals surface area contributed by atoms with E-state index in [0.717, 1.165) is 68.6 Å². The summed E-state index contributed by atoms with van der Waals surface area (Å²) >= 11 is 0. The van der Waals surface area contributed by atoms with Crippen LogP contribution in [0.3, 0.4) is 0 Å². The Hall–Kier alpha value is -1.77. The number of benzene rings is 1. The molecule has 0 N–H and O–H groups in total.